The standard InChI is InChI=1S/C23H28N4O4/c1-14(2)25-22(29)23(30)27-24-12-18-8-6-7-9-19(18)31-13-20(28)26-21-16(4)10-15(3)11-17(21)5/h6-12,14H,13H2,1-5H3,(H,25,29)(H,26,28)(H,27,30)/b24-12-. The molecule has 0 unspecified atom stereocenters. The van der Waals surface area contributed by atoms with Crippen molar-refractivity contribution in [3.05, 3.63) is 58.7 Å². The second-order valence-electron chi connectivity index (χ2n) is 7.48. The van der Waals surface area contributed by atoms with Crippen molar-refractivity contribution in [3.8, 4) is 5.75 Å². The van der Waals surface area contributed by atoms with Crippen molar-refractivity contribution < 1.29 is 19.1 Å². The van der Waals surface area contributed by atoms with Crippen LogP contribution in [0, 0.1) is 20.8 Å². The molecule has 3 N–H and O–H groups in total. The van der Waals surface area contributed by atoms with E-state index >= 15 is 0 Å². The van der Waals surface area contributed by atoms with E-state index in [1.807, 2.05) is 32.9 Å². The van der Waals surface area contributed by atoms with E-state index < -0.39 is 11.8 Å². The maximum absolute atomic E-state index is 12.4. The zero-order valence-corrected chi connectivity index (χ0v) is 18.4. The Morgan fingerprint density at radius 1 is 1.03 bits per heavy atom. The Bertz CT molecular complexity index is 976. The van der Waals surface area contributed by atoms with Crippen LogP contribution in [0.25, 0.3) is 0 Å². The van der Waals surface area contributed by atoms with Gasteiger partial charge in [-0.05, 0) is 57.9 Å². The van der Waals surface area contributed by atoms with Gasteiger partial charge < -0.3 is 15.4 Å². The summed E-state index contributed by atoms with van der Waals surface area (Å²) < 4.78 is 5.64. The third-order valence-corrected chi connectivity index (χ3v) is 4.21. The number of anilines is 1. The van der Waals surface area contributed by atoms with Gasteiger partial charge in [-0.2, -0.15) is 5.10 Å². The highest BCUT2D eigenvalue weighted by molar-refractivity contribution is 6.35. The maximum Gasteiger partial charge on any atom is 0.329 e. The molecule has 0 aliphatic heterocycles. The third-order valence-electron chi connectivity index (χ3n) is 4.21. The van der Waals surface area contributed by atoms with Gasteiger partial charge in [0.25, 0.3) is 5.91 Å². The second kappa shape index (κ2) is 10.9. The molecule has 0 aliphatic carbocycles. The Labute approximate surface area is 182 Å². The molecule has 0 aliphatic rings. The average Bonchev–Trinajstić information content (AvgIpc) is 2.69. The Kier molecular flexibility index (Phi) is 8.31. The largest absolute Gasteiger partial charge is 0.483 e. The summed E-state index contributed by atoms with van der Waals surface area (Å²) in [5, 5.41) is 9.15. The third kappa shape index (κ3) is 7.26. The molecule has 8 nitrogen and oxygen atoms in total. The number of amides is 3. The zero-order chi connectivity index (χ0) is 23.0. The molecule has 0 atom stereocenters. The van der Waals surface area contributed by atoms with E-state index in [4.69, 9.17) is 4.74 Å². The van der Waals surface area contributed by atoms with Crippen LogP contribution in [0.4, 0.5) is 5.69 Å². The molecule has 164 valence electrons. The second-order valence-corrected chi connectivity index (χ2v) is 7.48. The molecule has 0 saturated heterocycles. The fraction of sp³-hybridized carbons (Fsp3) is 0.304. The van der Waals surface area contributed by atoms with Crippen molar-refractivity contribution >= 4 is 29.6 Å². The quantitative estimate of drug-likeness (QED) is 0.361. The maximum atomic E-state index is 12.4. The SMILES string of the molecule is Cc1cc(C)c(NC(=O)COc2ccccc2/C=N\NC(=O)C(=O)NC(C)C)c(C)c1. The first-order valence-electron chi connectivity index (χ1n) is 9.90. The molecular formula is C23H28N4O4. The van der Waals surface area contributed by atoms with Crippen LogP contribution in [0.3, 0.4) is 0 Å². The van der Waals surface area contributed by atoms with Crippen LogP contribution in [0.2, 0.25) is 0 Å². The Hall–Kier alpha value is -3.68. The van der Waals surface area contributed by atoms with E-state index in [2.05, 4.69) is 21.2 Å². The topological polar surface area (TPSA) is 109 Å². The molecule has 0 heterocycles. The number of carbonyl (C=O) groups is 3. The molecule has 0 saturated carbocycles. The lowest BCUT2D eigenvalue weighted by Gasteiger charge is -2.14. The number of benzene rings is 2. The Balaban J connectivity index is 1.97. The lowest BCUT2D eigenvalue weighted by molar-refractivity contribution is -0.139. The van der Waals surface area contributed by atoms with Gasteiger partial charge in [-0.15, -0.1) is 0 Å². The monoisotopic (exact) mass is 424 g/mol. The highest BCUT2D eigenvalue weighted by Gasteiger charge is 2.13. The summed E-state index contributed by atoms with van der Waals surface area (Å²) in [6.45, 7) is 9.20. The molecular weight excluding hydrogens is 396 g/mol. The first-order chi connectivity index (χ1) is 14.7. The minimum absolute atomic E-state index is 0.157. The van der Waals surface area contributed by atoms with Crippen LogP contribution in [-0.4, -0.2) is 36.6 Å². The van der Waals surface area contributed by atoms with Gasteiger partial charge in [-0.3, -0.25) is 14.4 Å². The van der Waals surface area contributed by atoms with Crippen LogP contribution >= 0.6 is 0 Å². The normalized spacial score (nSPS) is 10.8. The summed E-state index contributed by atoms with van der Waals surface area (Å²) >= 11 is 0. The molecule has 0 spiro atoms. The molecule has 0 fully saturated rings. The van der Waals surface area contributed by atoms with Gasteiger partial charge in [0.05, 0.1) is 6.21 Å². The number of aryl methyl sites for hydroxylation is 3. The van der Waals surface area contributed by atoms with Crippen LogP contribution in [0.15, 0.2) is 41.5 Å². The number of ether oxygens (including phenoxy) is 1. The fourth-order valence-corrected chi connectivity index (χ4v) is 2.95. The average molecular weight is 425 g/mol. The summed E-state index contributed by atoms with van der Waals surface area (Å²) in [5.74, 6) is -1.51. The van der Waals surface area contributed by atoms with Gasteiger partial charge in [-0.1, -0.05) is 29.8 Å². The van der Waals surface area contributed by atoms with E-state index in [-0.39, 0.29) is 18.6 Å². The lowest BCUT2D eigenvalue weighted by Crippen LogP contribution is -2.41. The van der Waals surface area contributed by atoms with Gasteiger partial charge >= 0.3 is 11.8 Å². The fourth-order valence-electron chi connectivity index (χ4n) is 2.95. The number of hydrogen-bond acceptors (Lipinski definition) is 5. The number of hydrogen-bond donors (Lipinski definition) is 3. The molecule has 2 aromatic rings. The lowest BCUT2D eigenvalue weighted by atomic mass is 10.1. The zero-order valence-electron chi connectivity index (χ0n) is 18.4. The Morgan fingerprint density at radius 3 is 2.32 bits per heavy atom. The predicted molar refractivity (Wildman–Crippen MR) is 120 cm³/mol. The Morgan fingerprint density at radius 2 is 1.68 bits per heavy atom. The smallest absolute Gasteiger partial charge is 0.329 e. The van der Waals surface area contributed by atoms with Crippen molar-refractivity contribution in [2.75, 3.05) is 11.9 Å². The molecule has 3 amide bonds. The van der Waals surface area contributed by atoms with Crippen molar-refractivity contribution in [1.29, 1.82) is 0 Å². The molecule has 31 heavy (non-hydrogen) atoms. The number of carbonyl (C=O) groups excluding carboxylic acids is 3. The molecule has 2 aromatic carbocycles. The van der Waals surface area contributed by atoms with Crippen molar-refractivity contribution in [3.63, 3.8) is 0 Å². The minimum atomic E-state index is -0.869. The van der Waals surface area contributed by atoms with Crippen LogP contribution < -0.4 is 20.8 Å². The van der Waals surface area contributed by atoms with E-state index in [0.717, 1.165) is 22.4 Å². The van der Waals surface area contributed by atoms with Crippen molar-refractivity contribution in [2.45, 2.75) is 40.7 Å². The number of hydrazone groups is 1. The number of rotatable bonds is 7. The van der Waals surface area contributed by atoms with Gasteiger partial charge in [0.1, 0.15) is 5.75 Å². The predicted octanol–water partition coefficient (Wildman–Crippen LogP) is 2.60. The van der Waals surface area contributed by atoms with Gasteiger partial charge in [0.15, 0.2) is 6.61 Å². The first-order valence-corrected chi connectivity index (χ1v) is 9.90. The van der Waals surface area contributed by atoms with Gasteiger partial charge in [0.2, 0.25) is 0 Å². The number of nitrogens with zero attached hydrogens (tertiary/aromatic N) is 1. The van der Waals surface area contributed by atoms with Crippen LogP contribution in [-0.2, 0) is 14.4 Å². The molecule has 8 heteroatoms. The molecule has 0 bridgehead atoms. The minimum Gasteiger partial charge on any atom is -0.483 e. The number of nitrogens with one attached hydrogen (secondary N) is 3. The van der Waals surface area contributed by atoms with Crippen LogP contribution in [0.5, 0.6) is 5.75 Å². The highest BCUT2D eigenvalue weighted by atomic mass is 16.5. The van der Waals surface area contributed by atoms with E-state index in [0.29, 0.717) is 11.3 Å². The molecule has 0 radical (unpaired) electrons. The summed E-state index contributed by atoms with van der Waals surface area (Å²) in [5.41, 5.74) is 6.58. The van der Waals surface area contributed by atoms with Gasteiger partial charge in [-0.25, -0.2) is 5.43 Å². The van der Waals surface area contributed by atoms with E-state index in [1.54, 1.807) is 38.1 Å². The van der Waals surface area contributed by atoms with E-state index in [1.165, 1.54) is 6.21 Å². The molecule has 0 aromatic heterocycles. The van der Waals surface area contributed by atoms with Crippen molar-refractivity contribution in [1.82, 2.24) is 10.7 Å². The summed E-state index contributed by atoms with van der Waals surface area (Å²) in [4.78, 5) is 35.7. The van der Waals surface area contributed by atoms with Crippen LogP contribution in [0.1, 0.15) is 36.1 Å². The summed E-state index contributed by atoms with van der Waals surface area (Å²) in [6, 6.07) is 10.8. The summed E-state index contributed by atoms with van der Waals surface area (Å²) in [7, 11) is 0. The van der Waals surface area contributed by atoms with E-state index in [9.17, 15) is 14.4 Å². The highest BCUT2D eigenvalue weighted by Crippen LogP contribution is 2.22. The molecule has 2 rings (SSSR count). The summed E-state index contributed by atoms with van der Waals surface area (Å²) in [6.07, 6.45) is 1.35. The first kappa shape index (κ1) is 23.6. The van der Waals surface area contributed by atoms with Gasteiger partial charge in [0, 0.05) is 17.3 Å². The number of para-hydroxylation sites is 1. The van der Waals surface area contributed by atoms with Crippen molar-refractivity contribution in [2.24, 2.45) is 5.10 Å².